The van der Waals surface area contributed by atoms with Crippen molar-refractivity contribution in [3.05, 3.63) is 28.2 Å². The summed E-state index contributed by atoms with van der Waals surface area (Å²) in [6.07, 6.45) is 0. The van der Waals surface area contributed by atoms with Gasteiger partial charge in [0.1, 0.15) is 0 Å². The van der Waals surface area contributed by atoms with Crippen molar-refractivity contribution < 1.29 is 4.79 Å². The highest BCUT2D eigenvalue weighted by atomic mass is 79.9. The Bertz CT molecular complexity index is 543. The highest BCUT2D eigenvalue weighted by Gasteiger charge is 2.26. The van der Waals surface area contributed by atoms with E-state index in [1.54, 1.807) is 13.1 Å². The first-order valence-corrected chi connectivity index (χ1v) is 5.92. The van der Waals surface area contributed by atoms with E-state index in [4.69, 9.17) is 18.0 Å². The maximum absolute atomic E-state index is 11.7. The van der Waals surface area contributed by atoms with E-state index in [-0.39, 0.29) is 11.0 Å². The average Bonchev–Trinajstić information content (AvgIpc) is 2.55. The monoisotopic (exact) mass is 312 g/mol. The molecule has 0 saturated heterocycles. The number of hydrogen-bond acceptors (Lipinski definition) is 3. The number of carbonyl (C=O) groups excluding carboxylic acids is 1. The molecule has 1 amide bonds. The molecule has 0 fully saturated rings. The Hall–Kier alpha value is -1.47. The summed E-state index contributed by atoms with van der Waals surface area (Å²) in [5.74, 6) is -0.263. The second kappa shape index (κ2) is 4.42. The molecule has 2 rings (SSSR count). The van der Waals surface area contributed by atoms with Crippen LogP contribution in [0.4, 0.5) is 5.69 Å². The highest BCUT2D eigenvalue weighted by Crippen LogP contribution is 2.26. The lowest BCUT2D eigenvalue weighted by Crippen LogP contribution is -2.29. The third kappa shape index (κ3) is 2.29. The predicted molar refractivity (Wildman–Crippen MR) is 73.9 cm³/mol. The van der Waals surface area contributed by atoms with Crippen molar-refractivity contribution >= 4 is 50.6 Å². The maximum Gasteiger partial charge on any atom is 0.276 e. The second-order valence-electron chi connectivity index (χ2n) is 3.45. The number of anilines is 1. The summed E-state index contributed by atoms with van der Waals surface area (Å²) in [4.78, 5) is 11.7. The Morgan fingerprint density at radius 2 is 2.29 bits per heavy atom. The number of halogens is 1. The van der Waals surface area contributed by atoms with Gasteiger partial charge in [0.2, 0.25) is 0 Å². The van der Waals surface area contributed by atoms with E-state index >= 15 is 0 Å². The summed E-state index contributed by atoms with van der Waals surface area (Å²) in [6, 6.07) is 5.47. The average molecular weight is 313 g/mol. The van der Waals surface area contributed by atoms with Crippen molar-refractivity contribution in [2.75, 3.05) is 12.4 Å². The summed E-state index contributed by atoms with van der Waals surface area (Å²) in [5, 5.41) is 8.20. The Morgan fingerprint density at radius 1 is 1.59 bits per heavy atom. The zero-order valence-electron chi connectivity index (χ0n) is 8.90. The number of rotatable bonds is 1. The molecule has 0 unspecified atom stereocenters. The number of nitrogens with zero attached hydrogens (tertiary/aromatic N) is 2. The van der Waals surface area contributed by atoms with Gasteiger partial charge in [-0.3, -0.25) is 4.79 Å². The summed E-state index contributed by atoms with van der Waals surface area (Å²) >= 11 is 8.12. The van der Waals surface area contributed by atoms with Crippen LogP contribution in [-0.4, -0.2) is 28.8 Å². The van der Waals surface area contributed by atoms with Crippen LogP contribution < -0.4 is 11.1 Å². The van der Waals surface area contributed by atoms with Gasteiger partial charge in [0.15, 0.2) is 10.8 Å². The third-order valence-electron chi connectivity index (χ3n) is 2.27. The summed E-state index contributed by atoms with van der Waals surface area (Å²) in [7, 11) is 1.60. The Labute approximate surface area is 112 Å². The van der Waals surface area contributed by atoms with Crippen molar-refractivity contribution in [2.45, 2.75) is 0 Å². The van der Waals surface area contributed by atoms with E-state index in [9.17, 15) is 4.79 Å². The molecule has 3 N–H and O–H groups in total. The molecule has 1 aromatic carbocycles. The number of nitrogens with one attached hydrogen (secondary N) is 1. The molecule has 0 saturated carbocycles. The van der Waals surface area contributed by atoms with E-state index in [1.807, 2.05) is 12.1 Å². The molecule has 0 radical (unpaired) electrons. The molecule has 0 atom stereocenters. The molecule has 1 heterocycles. The van der Waals surface area contributed by atoms with Gasteiger partial charge in [0, 0.05) is 17.1 Å². The normalized spacial score (nSPS) is 15.6. The molecule has 0 aliphatic carbocycles. The van der Waals surface area contributed by atoms with Gasteiger partial charge in [-0.1, -0.05) is 15.9 Å². The third-order valence-corrected chi connectivity index (χ3v) is 3.03. The van der Waals surface area contributed by atoms with Crippen molar-refractivity contribution in [1.82, 2.24) is 5.01 Å². The minimum Gasteiger partial charge on any atom is -0.375 e. The number of benzene rings is 1. The smallest absolute Gasteiger partial charge is 0.276 e. The van der Waals surface area contributed by atoms with Crippen molar-refractivity contribution in [3.8, 4) is 0 Å². The lowest BCUT2D eigenvalue weighted by molar-refractivity contribution is -0.110. The number of amides is 1. The number of carbonyl (C=O) groups is 1. The molecule has 7 heteroatoms. The zero-order valence-corrected chi connectivity index (χ0v) is 11.3. The Morgan fingerprint density at radius 3 is 2.94 bits per heavy atom. The Balaban J connectivity index is 2.47. The number of nitrogens with two attached hydrogens (primary N) is 1. The molecular weight excluding hydrogens is 304 g/mol. The minimum absolute atomic E-state index is 0.105. The van der Waals surface area contributed by atoms with Crippen LogP contribution in [-0.2, 0) is 4.79 Å². The molecule has 88 valence electrons. The molecule has 0 bridgehead atoms. The number of fused-ring (bicyclic) bond motifs is 1. The van der Waals surface area contributed by atoms with Gasteiger partial charge in [0.25, 0.3) is 5.91 Å². The number of thiocarbonyl (C=S) groups is 1. The summed E-state index contributed by atoms with van der Waals surface area (Å²) < 4.78 is 0.874. The van der Waals surface area contributed by atoms with E-state index in [2.05, 4.69) is 26.3 Å². The second-order valence-corrected chi connectivity index (χ2v) is 4.79. The van der Waals surface area contributed by atoms with Crippen molar-refractivity contribution in [3.63, 3.8) is 0 Å². The summed E-state index contributed by atoms with van der Waals surface area (Å²) in [6.45, 7) is 0. The molecular formula is C10H9BrN4OS. The molecule has 17 heavy (non-hydrogen) atoms. The lowest BCUT2D eigenvalue weighted by Gasteiger charge is -2.10. The fourth-order valence-corrected chi connectivity index (χ4v) is 1.83. The SMILES string of the molecule is CN(/N=C1\C(=O)Nc2ccc(Br)cc21)C(N)=S. The van der Waals surface area contributed by atoms with Gasteiger partial charge in [-0.2, -0.15) is 5.10 Å². The van der Waals surface area contributed by atoms with Crippen LogP contribution in [0.2, 0.25) is 0 Å². The van der Waals surface area contributed by atoms with Crippen LogP contribution >= 0.6 is 28.1 Å². The molecule has 0 spiro atoms. The fourth-order valence-electron chi connectivity index (χ4n) is 1.42. The van der Waals surface area contributed by atoms with Gasteiger partial charge in [-0.05, 0) is 30.4 Å². The molecule has 1 aliphatic heterocycles. The minimum atomic E-state index is -0.263. The Kier molecular flexibility index (Phi) is 3.12. The first-order chi connectivity index (χ1) is 7.99. The maximum atomic E-state index is 11.7. The lowest BCUT2D eigenvalue weighted by atomic mass is 10.1. The van der Waals surface area contributed by atoms with Gasteiger partial charge >= 0.3 is 0 Å². The van der Waals surface area contributed by atoms with Gasteiger partial charge < -0.3 is 11.1 Å². The molecule has 1 aromatic rings. The van der Waals surface area contributed by atoms with Crippen LogP contribution in [0.15, 0.2) is 27.8 Å². The molecule has 5 nitrogen and oxygen atoms in total. The van der Waals surface area contributed by atoms with Crippen LogP contribution in [0.3, 0.4) is 0 Å². The number of hydrazone groups is 1. The van der Waals surface area contributed by atoms with E-state index in [1.165, 1.54) is 5.01 Å². The van der Waals surface area contributed by atoms with Crippen LogP contribution in [0, 0.1) is 0 Å². The van der Waals surface area contributed by atoms with Gasteiger partial charge in [-0.25, -0.2) is 5.01 Å². The van der Waals surface area contributed by atoms with Crippen LogP contribution in [0.5, 0.6) is 0 Å². The predicted octanol–water partition coefficient (Wildman–Crippen LogP) is 1.28. The fraction of sp³-hybridized carbons (Fsp3) is 0.100. The van der Waals surface area contributed by atoms with Crippen LogP contribution in [0.1, 0.15) is 5.56 Å². The van der Waals surface area contributed by atoms with E-state index in [0.29, 0.717) is 5.71 Å². The van der Waals surface area contributed by atoms with E-state index in [0.717, 1.165) is 15.7 Å². The topological polar surface area (TPSA) is 70.7 Å². The van der Waals surface area contributed by atoms with Gasteiger partial charge in [-0.15, -0.1) is 0 Å². The standard InChI is InChI=1S/C10H9BrN4OS/c1-15(10(12)17)14-8-6-4-5(11)2-3-7(6)13-9(8)16/h2-4H,1H3,(H2,12,17)(H,13,14,16). The van der Waals surface area contributed by atoms with Gasteiger partial charge in [0.05, 0.1) is 5.69 Å². The highest BCUT2D eigenvalue weighted by molar-refractivity contribution is 9.10. The van der Waals surface area contributed by atoms with Crippen molar-refractivity contribution in [2.24, 2.45) is 10.8 Å². The van der Waals surface area contributed by atoms with Crippen molar-refractivity contribution in [1.29, 1.82) is 0 Å². The first kappa shape index (κ1) is 12.0. The quantitative estimate of drug-likeness (QED) is 0.605. The summed E-state index contributed by atoms with van der Waals surface area (Å²) in [5.41, 5.74) is 7.18. The molecule has 0 aromatic heterocycles. The molecule has 1 aliphatic rings. The number of hydrogen-bond donors (Lipinski definition) is 2. The zero-order chi connectivity index (χ0) is 12.6. The van der Waals surface area contributed by atoms with Crippen LogP contribution in [0.25, 0.3) is 0 Å². The first-order valence-electron chi connectivity index (χ1n) is 4.72. The largest absolute Gasteiger partial charge is 0.375 e. The van der Waals surface area contributed by atoms with E-state index < -0.39 is 0 Å².